The van der Waals surface area contributed by atoms with Crippen molar-refractivity contribution in [2.75, 3.05) is 31.3 Å². The summed E-state index contributed by atoms with van der Waals surface area (Å²) in [6, 6.07) is 10.5. The van der Waals surface area contributed by atoms with Crippen LogP contribution in [0.3, 0.4) is 0 Å². The summed E-state index contributed by atoms with van der Waals surface area (Å²) in [5.41, 5.74) is 1.94. The van der Waals surface area contributed by atoms with Gasteiger partial charge < -0.3 is 20.3 Å². The molecule has 0 bridgehead atoms. The summed E-state index contributed by atoms with van der Waals surface area (Å²) in [4.78, 5) is 24.6. The van der Waals surface area contributed by atoms with Crippen molar-refractivity contribution >= 4 is 46.4 Å². The molecule has 0 saturated carbocycles. The highest BCUT2D eigenvalue weighted by Crippen LogP contribution is 2.28. The zero-order valence-corrected chi connectivity index (χ0v) is 16.9. The van der Waals surface area contributed by atoms with Gasteiger partial charge in [0.2, 0.25) is 5.91 Å². The quantitative estimate of drug-likeness (QED) is 0.656. The van der Waals surface area contributed by atoms with E-state index in [1.54, 1.807) is 24.3 Å². The van der Waals surface area contributed by atoms with Crippen LogP contribution in [0.5, 0.6) is 5.75 Å². The largest absolute Gasteiger partial charge is 0.495 e. The third-order valence-electron chi connectivity index (χ3n) is 3.78. The standard InChI is InChI=1S/C19H21Cl2N3O3/c1-12(25)22-14-7-8-17(27-3)16(9-14)23-18(26)11-24(2)10-13-5-4-6-15(20)19(13)21/h4-9H,10-11H2,1-3H3,(H,22,25)(H,23,26)/p+1. The Morgan fingerprint density at radius 3 is 2.56 bits per heavy atom. The number of methoxy groups -OCH3 is 1. The Labute approximate surface area is 168 Å². The van der Waals surface area contributed by atoms with E-state index in [2.05, 4.69) is 10.6 Å². The molecule has 0 aliphatic rings. The molecule has 0 heterocycles. The number of carbonyl (C=O) groups is 2. The number of carbonyl (C=O) groups excluding carboxylic acids is 2. The Hall–Kier alpha value is -2.28. The molecule has 27 heavy (non-hydrogen) atoms. The second kappa shape index (κ2) is 9.60. The fraction of sp³-hybridized carbons (Fsp3) is 0.263. The molecule has 0 aliphatic carbocycles. The van der Waals surface area contributed by atoms with E-state index in [0.717, 1.165) is 10.5 Å². The van der Waals surface area contributed by atoms with E-state index in [0.29, 0.717) is 33.7 Å². The molecule has 144 valence electrons. The molecule has 2 aromatic rings. The van der Waals surface area contributed by atoms with Crippen molar-refractivity contribution in [2.45, 2.75) is 13.5 Å². The average molecular weight is 411 g/mol. The Bertz CT molecular complexity index is 843. The highest BCUT2D eigenvalue weighted by atomic mass is 35.5. The van der Waals surface area contributed by atoms with Crippen LogP contribution in [-0.4, -0.2) is 32.5 Å². The number of benzene rings is 2. The Morgan fingerprint density at radius 1 is 1.15 bits per heavy atom. The minimum Gasteiger partial charge on any atom is -0.495 e. The van der Waals surface area contributed by atoms with Crippen LogP contribution in [0.2, 0.25) is 10.0 Å². The Kier molecular flexibility index (Phi) is 7.47. The molecular formula is C19H22Cl2N3O3+. The average Bonchev–Trinajstić information content (AvgIpc) is 2.58. The van der Waals surface area contributed by atoms with Crippen LogP contribution in [0, 0.1) is 0 Å². The summed E-state index contributed by atoms with van der Waals surface area (Å²) >= 11 is 12.2. The second-order valence-electron chi connectivity index (χ2n) is 6.17. The number of rotatable bonds is 7. The van der Waals surface area contributed by atoms with Crippen LogP contribution in [-0.2, 0) is 16.1 Å². The first kappa shape index (κ1) is 21.0. The first-order chi connectivity index (χ1) is 12.8. The van der Waals surface area contributed by atoms with Gasteiger partial charge in [-0.25, -0.2) is 0 Å². The van der Waals surface area contributed by atoms with E-state index in [1.807, 2.05) is 19.2 Å². The lowest BCUT2D eigenvalue weighted by Crippen LogP contribution is -3.08. The first-order valence-corrected chi connectivity index (χ1v) is 9.05. The van der Waals surface area contributed by atoms with Gasteiger partial charge in [0.05, 0.1) is 29.9 Å². The van der Waals surface area contributed by atoms with Gasteiger partial charge in [-0.15, -0.1) is 0 Å². The van der Waals surface area contributed by atoms with Crippen molar-refractivity contribution in [2.24, 2.45) is 0 Å². The minimum absolute atomic E-state index is 0.191. The summed E-state index contributed by atoms with van der Waals surface area (Å²) in [6.07, 6.45) is 0. The SMILES string of the molecule is COc1ccc(NC(C)=O)cc1NC(=O)C[NH+](C)Cc1cccc(Cl)c1Cl. The normalized spacial score (nSPS) is 11.6. The van der Waals surface area contributed by atoms with Crippen molar-refractivity contribution in [3.8, 4) is 5.75 Å². The van der Waals surface area contributed by atoms with Gasteiger partial charge in [-0.05, 0) is 24.3 Å². The fourth-order valence-corrected chi connectivity index (χ4v) is 3.01. The zero-order valence-electron chi connectivity index (χ0n) is 15.4. The van der Waals surface area contributed by atoms with E-state index in [4.69, 9.17) is 27.9 Å². The maximum Gasteiger partial charge on any atom is 0.279 e. The monoisotopic (exact) mass is 410 g/mol. The number of ether oxygens (including phenoxy) is 1. The molecule has 3 N–H and O–H groups in total. The Morgan fingerprint density at radius 2 is 1.89 bits per heavy atom. The number of nitrogens with one attached hydrogen (secondary N) is 3. The lowest BCUT2D eigenvalue weighted by atomic mass is 10.2. The maximum atomic E-state index is 12.4. The number of hydrogen-bond acceptors (Lipinski definition) is 3. The maximum absolute atomic E-state index is 12.4. The summed E-state index contributed by atoms with van der Waals surface area (Å²) in [7, 11) is 3.41. The molecule has 6 nitrogen and oxygen atoms in total. The van der Waals surface area contributed by atoms with Crippen LogP contribution in [0.4, 0.5) is 11.4 Å². The second-order valence-corrected chi connectivity index (χ2v) is 6.95. The van der Waals surface area contributed by atoms with Gasteiger partial charge in [-0.3, -0.25) is 9.59 Å². The lowest BCUT2D eigenvalue weighted by molar-refractivity contribution is -0.885. The van der Waals surface area contributed by atoms with Gasteiger partial charge in [0.25, 0.3) is 5.91 Å². The smallest absolute Gasteiger partial charge is 0.279 e. The number of halogens is 2. The van der Waals surface area contributed by atoms with Gasteiger partial charge in [0, 0.05) is 18.2 Å². The third kappa shape index (κ3) is 6.13. The molecule has 0 spiro atoms. The lowest BCUT2D eigenvalue weighted by Gasteiger charge is -2.16. The summed E-state index contributed by atoms with van der Waals surface area (Å²) in [6.45, 7) is 2.19. The van der Waals surface area contributed by atoms with Gasteiger partial charge in [-0.1, -0.05) is 35.3 Å². The molecule has 0 saturated heterocycles. The molecule has 0 radical (unpaired) electrons. The van der Waals surface area contributed by atoms with Crippen molar-refractivity contribution in [1.29, 1.82) is 0 Å². The number of anilines is 2. The van der Waals surface area contributed by atoms with Crippen LogP contribution in [0.1, 0.15) is 12.5 Å². The van der Waals surface area contributed by atoms with Gasteiger partial charge in [0.15, 0.2) is 6.54 Å². The minimum atomic E-state index is -0.194. The number of hydrogen-bond donors (Lipinski definition) is 3. The van der Waals surface area contributed by atoms with Gasteiger partial charge in [-0.2, -0.15) is 0 Å². The molecule has 0 aliphatic heterocycles. The van der Waals surface area contributed by atoms with Crippen molar-refractivity contribution in [3.63, 3.8) is 0 Å². The highest BCUT2D eigenvalue weighted by Gasteiger charge is 2.15. The van der Waals surface area contributed by atoms with Crippen molar-refractivity contribution in [3.05, 3.63) is 52.0 Å². The molecular weight excluding hydrogens is 389 g/mol. The molecule has 0 aromatic heterocycles. The van der Waals surface area contributed by atoms with Crippen molar-refractivity contribution < 1.29 is 19.2 Å². The molecule has 1 atom stereocenters. The van der Waals surface area contributed by atoms with Gasteiger partial charge in [0.1, 0.15) is 12.3 Å². The first-order valence-electron chi connectivity index (χ1n) is 8.29. The fourth-order valence-electron chi connectivity index (χ4n) is 2.63. The number of likely N-dealkylation sites (N-methyl/N-ethyl adjacent to an activating group) is 1. The van der Waals surface area contributed by atoms with E-state index in [-0.39, 0.29) is 18.4 Å². The molecule has 2 rings (SSSR count). The van der Waals surface area contributed by atoms with E-state index in [1.165, 1.54) is 14.0 Å². The van der Waals surface area contributed by atoms with Crippen molar-refractivity contribution in [1.82, 2.24) is 0 Å². The molecule has 0 fully saturated rings. The summed E-state index contributed by atoms with van der Waals surface area (Å²) < 4.78 is 5.27. The molecule has 2 amide bonds. The molecule has 1 unspecified atom stereocenters. The summed E-state index contributed by atoms with van der Waals surface area (Å²) in [5, 5.41) is 6.49. The van der Waals surface area contributed by atoms with E-state index in [9.17, 15) is 9.59 Å². The molecule has 2 aromatic carbocycles. The van der Waals surface area contributed by atoms with E-state index < -0.39 is 0 Å². The summed E-state index contributed by atoms with van der Waals surface area (Å²) in [5.74, 6) is 0.122. The van der Waals surface area contributed by atoms with Crippen LogP contribution in [0.25, 0.3) is 0 Å². The predicted octanol–water partition coefficient (Wildman–Crippen LogP) is 2.61. The highest BCUT2D eigenvalue weighted by molar-refractivity contribution is 6.42. The third-order valence-corrected chi connectivity index (χ3v) is 4.64. The predicted molar refractivity (Wildman–Crippen MR) is 108 cm³/mol. The number of quaternary nitrogens is 1. The zero-order chi connectivity index (χ0) is 20.0. The van der Waals surface area contributed by atoms with Crippen LogP contribution >= 0.6 is 23.2 Å². The molecule has 8 heteroatoms. The van der Waals surface area contributed by atoms with Crippen LogP contribution < -0.4 is 20.3 Å². The van der Waals surface area contributed by atoms with E-state index >= 15 is 0 Å². The van der Waals surface area contributed by atoms with Crippen LogP contribution in [0.15, 0.2) is 36.4 Å². The topological polar surface area (TPSA) is 71.9 Å². The Balaban J connectivity index is 2.04. The number of amides is 2. The van der Waals surface area contributed by atoms with Gasteiger partial charge >= 0.3 is 0 Å².